The molecule has 0 fully saturated rings. The van der Waals surface area contributed by atoms with Crippen LogP contribution < -0.4 is 15.8 Å². The third-order valence-corrected chi connectivity index (χ3v) is 4.29. The zero-order valence-corrected chi connectivity index (χ0v) is 15.8. The van der Waals surface area contributed by atoms with Crippen molar-refractivity contribution in [3.05, 3.63) is 57.6 Å². The number of anilines is 1. The summed E-state index contributed by atoms with van der Waals surface area (Å²) in [6.45, 7) is 3.62. The Morgan fingerprint density at radius 2 is 1.93 bits per heavy atom. The minimum atomic E-state index is -0.693. The molecule has 142 valence electrons. The Kier molecular flexibility index (Phi) is 6.40. The van der Waals surface area contributed by atoms with Crippen LogP contribution in [0.1, 0.15) is 34.6 Å². The highest BCUT2D eigenvalue weighted by Gasteiger charge is 2.18. The highest BCUT2D eigenvalue weighted by atomic mass is 32.2. The molecular formula is C18H19N3O5S. The summed E-state index contributed by atoms with van der Waals surface area (Å²) in [5.41, 5.74) is 5.81. The van der Waals surface area contributed by atoms with Crippen molar-refractivity contribution < 1.29 is 19.2 Å². The average Bonchev–Trinajstić information content (AvgIpc) is 2.61. The normalized spacial score (nSPS) is 10.5. The molecule has 0 saturated carbocycles. The fourth-order valence-electron chi connectivity index (χ4n) is 2.33. The number of nitrogens with one attached hydrogen (secondary N) is 1. The van der Waals surface area contributed by atoms with Crippen molar-refractivity contribution in [1.82, 2.24) is 0 Å². The lowest BCUT2D eigenvalue weighted by Gasteiger charge is -2.14. The first-order valence-electron chi connectivity index (χ1n) is 7.97. The topological polar surface area (TPSA) is 125 Å². The fourth-order valence-corrected chi connectivity index (χ4v) is 2.88. The lowest BCUT2D eigenvalue weighted by molar-refractivity contribution is -0.387. The number of nitrogens with two attached hydrogens (primary N) is 1. The van der Waals surface area contributed by atoms with Crippen molar-refractivity contribution in [3.8, 4) is 5.75 Å². The van der Waals surface area contributed by atoms with Crippen LogP contribution in [0.2, 0.25) is 0 Å². The van der Waals surface area contributed by atoms with Gasteiger partial charge in [-0.3, -0.25) is 19.7 Å². The number of thioether (sulfide) groups is 1. The highest BCUT2D eigenvalue weighted by Crippen LogP contribution is 2.29. The van der Waals surface area contributed by atoms with E-state index in [1.165, 1.54) is 42.1 Å². The molecule has 0 aromatic heterocycles. The van der Waals surface area contributed by atoms with E-state index in [0.717, 1.165) is 0 Å². The van der Waals surface area contributed by atoms with E-state index < -0.39 is 16.7 Å². The monoisotopic (exact) mass is 389 g/mol. The molecule has 0 spiro atoms. The average molecular weight is 389 g/mol. The Morgan fingerprint density at radius 1 is 1.22 bits per heavy atom. The number of nitro groups is 1. The molecule has 0 bridgehead atoms. The third-order valence-electron chi connectivity index (χ3n) is 3.50. The number of primary amides is 1. The van der Waals surface area contributed by atoms with Crippen LogP contribution in [0, 0.1) is 10.1 Å². The molecule has 2 amide bonds. The van der Waals surface area contributed by atoms with E-state index in [-0.39, 0.29) is 22.9 Å². The summed E-state index contributed by atoms with van der Waals surface area (Å²) in [7, 11) is 0. The maximum absolute atomic E-state index is 12.4. The second kappa shape index (κ2) is 8.54. The molecule has 0 saturated heterocycles. The minimum absolute atomic E-state index is 0.127. The van der Waals surface area contributed by atoms with Gasteiger partial charge in [0.1, 0.15) is 5.75 Å². The number of carbonyl (C=O) groups is 2. The molecule has 0 aliphatic rings. The van der Waals surface area contributed by atoms with Gasteiger partial charge in [-0.25, -0.2) is 0 Å². The summed E-state index contributed by atoms with van der Waals surface area (Å²) in [6, 6.07) is 8.74. The number of rotatable bonds is 7. The quantitative estimate of drug-likeness (QED) is 0.424. The standard InChI is InChI=1S/C18H19N3O5S/c1-10(2)26-15-6-5-12(9-13(15)17(19)22)20-18(23)11-4-7-16(27-3)14(8-11)21(24)25/h4-10H,1-3H3,(H2,19,22)(H,20,23). The Bertz CT molecular complexity index is 899. The number of benzene rings is 2. The number of hydrogen-bond donors (Lipinski definition) is 2. The van der Waals surface area contributed by atoms with E-state index in [4.69, 9.17) is 10.5 Å². The number of amides is 2. The first-order valence-corrected chi connectivity index (χ1v) is 9.19. The van der Waals surface area contributed by atoms with E-state index in [1.54, 1.807) is 12.3 Å². The van der Waals surface area contributed by atoms with Gasteiger partial charge in [-0.2, -0.15) is 0 Å². The van der Waals surface area contributed by atoms with Crippen LogP contribution in [0.5, 0.6) is 5.75 Å². The SMILES string of the molecule is CSc1ccc(C(=O)Nc2ccc(OC(C)C)c(C(N)=O)c2)cc1[N+](=O)[O-]. The van der Waals surface area contributed by atoms with E-state index in [9.17, 15) is 19.7 Å². The molecule has 2 aromatic rings. The molecule has 9 heteroatoms. The van der Waals surface area contributed by atoms with Crippen molar-refractivity contribution in [2.45, 2.75) is 24.8 Å². The van der Waals surface area contributed by atoms with Crippen LogP contribution in [0.25, 0.3) is 0 Å². The van der Waals surface area contributed by atoms with Crippen LogP contribution >= 0.6 is 11.8 Å². The number of hydrogen-bond acceptors (Lipinski definition) is 6. The van der Waals surface area contributed by atoms with Gasteiger partial charge in [-0.05, 0) is 50.4 Å². The molecule has 0 unspecified atom stereocenters. The van der Waals surface area contributed by atoms with Crippen molar-refractivity contribution in [1.29, 1.82) is 0 Å². The lowest BCUT2D eigenvalue weighted by Crippen LogP contribution is -2.17. The summed E-state index contributed by atoms with van der Waals surface area (Å²) in [6.07, 6.45) is 1.56. The zero-order valence-electron chi connectivity index (χ0n) is 15.0. The molecule has 3 N–H and O–H groups in total. The van der Waals surface area contributed by atoms with Crippen molar-refractivity contribution >= 4 is 35.0 Å². The molecule has 2 rings (SSSR count). The summed E-state index contributed by atoms with van der Waals surface area (Å²) >= 11 is 1.22. The maximum atomic E-state index is 12.4. The fraction of sp³-hybridized carbons (Fsp3) is 0.222. The molecule has 0 atom stereocenters. The molecule has 0 radical (unpaired) electrons. The van der Waals surface area contributed by atoms with Crippen molar-refractivity contribution in [2.75, 3.05) is 11.6 Å². The Morgan fingerprint density at radius 3 is 2.48 bits per heavy atom. The van der Waals surface area contributed by atoms with Crippen molar-refractivity contribution in [2.24, 2.45) is 5.73 Å². The lowest BCUT2D eigenvalue weighted by atomic mass is 10.1. The molecule has 27 heavy (non-hydrogen) atoms. The van der Waals surface area contributed by atoms with Gasteiger partial charge in [0, 0.05) is 17.3 Å². The van der Waals surface area contributed by atoms with Gasteiger partial charge in [-0.15, -0.1) is 11.8 Å². The van der Waals surface area contributed by atoms with Crippen molar-refractivity contribution in [3.63, 3.8) is 0 Å². The Hall–Kier alpha value is -3.07. The minimum Gasteiger partial charge on any atom is -0.490 e. The molecule has 8 nitrogen and oxygen atoms in total. The number of ether oxygens (including phenoxy) is 1. The number of carbonyl (C=O) groups excluding carboxylic acids is 2. The summed E-state index contributed by atoms with van der Waals surface area (Å²) in [5.74, 6) is -0.920. The molecule has 0 aliphatic heterocycles. The van der Waals surface area contributed by atoms with Gasteiger partial charge < -0.3 is 15.8 Å². The van der Waals surface area contributed by atoms with Gasteiger partial charge in [0.2, 0.25) is 0 Å². The van der Waals surface area contributed by atoms with Crippen LogP contribution in [0.4, 0.5) is 11.4 Å². The Balaban J connectivity index is 2.30. The van der Waals surface area contributed by atoms with Crippen LogP contribution in [0.3, 0.4) is 0 Å². The third kappa shape index (κ3) is 4.98. The maximum Gasteiger partial charge on any atom is 0.283 e. The van der Waals surface area contributed by atoms with Gasteiger partial charge in [0.05, 0.1) is 21.5 Å². The van der Waals surface area contributed by atoms with Crippen LogP contribution in [0.15, 0.2) is 41.3 Å². The summed E-state index contributed by atoms with van der Waals surface area (Å²) in [5, 5.41) is 13.8. The second-order valence-corrected chi connectivity index (χ2v) is 6.69. The van der Waals surface area contributed by atoms with Gasteiger partial charge >= 0.3 is 0 Å². The summed E-state index contributed by atoms with van der Waals surface area (Å²) in [4.78, 5) is 35.2. The largest absolute Gasteiger partial charge is 0.490 e. The number of nitro benzene ring substituents is 1. The Labute approximate surface area is 160 Å². The smallest absolute Gasteiger partial charge is 0.283 e. The van der Waals surface area contributed by atoms with Gasteiger partial charge in [0.15, 0.2) is 0 Å². The van der Waals surface area contributed by atoms with E-state index in [1.807, 2.05) is 13.8 Å². The first kappa shape index (κ1) is 20.2. The van der Waals surface area contributed by atoms with E-state index in [2.05, 4.69) is 5.32 Å². The molecule has 0 heterocycles. The van der Waals surface area contributed by atoms with Crippen LogP contribution in [-0.2, 0) is 0 Å². The van der Waals surface area contributed by atoms with E-state index >= 15 is 0 Å². The molecule has 0 aliphatic carbocycles. The van der Waals surface area contributed by atoms with Gasteiger partial charge in [-0.1, -0.05) is 0 Å². The van der Waals surface area contributed by atoms with Gasteiger partial charge in [0.25, 0.3) is 17.5 Å². The predicted octanol–water partition coefficient (Wildman–Crippen LogP) is 3.46. The number of nitrogens with zero attached hydrogens (tertiary/aromatic N) is 1. The van der Waals surface area contributed by atoms with E-state index in [0.29, 0.717) is 16.3 Å². The van der Waals surface area contributed by atoms with Crippen LogP contribution in [-0.4, -0.2) is 29.1 Å². The molecule has 2 aromatic carbocycles. The molecular weight excluding hydrogens is 370 g/mol. The predicted molar refractivity (Wildman–Crippen MR) is 104 cm³/mol. The summed E-state index contributed by atoms with van der Waals surface area (Å²) < 4.78 is 5.53. The first-order chi connectivity index (χ1) is 12.7. The second-order valence-electron chi connectivity index (χ2n) is 5.84. The highest BCUT2D eigenvalue weighted by molar-refractivity contribution is 7.98. The zero-order chi connectivity index (χ0) is 20.1.